The molecule has 1 heterocycles. The number of halogens is 5. The molecule has 20 heavy (non-hydrogen) atoms. The lowest BCUT2D eigenvalue weighted by Crippen LogP contribution is -2.17. The van der Waals surface area contributed by atoms with Crippen LogP contribution in [0.3, 0.4) is 0 Å². The van der Waals surface area contributed by atoms with Gasteiger partial charge in [-0.3, -0.25) is 9.59 Å². The molecule has 0 unspecified atom stereocenters. The SMILES string of the molecule is CC(=O)O.N.NC(=O)c1cc(C(F)(F)F)nc(Cl)c1F. The third-order valence-corrected chi connectivity index (χ3v) is 1.72. The highest BCUT2D eigenvalue weighted by Gasteiger charge is 2.34. The predicted octanol–water partition coefficient (Wildman–Crippen LogP) is 2.24. The summed E-state index contributed by atoms with van der Waals surface area (Å²) < 4.78 is 49.4. The van der Waals surface area contributed by atoms with Crippen LogP contribution in [0, 0.1) is 5.82 Å². The van der Waals surface area contributed by atoms with Gasteiger partial charge in [0.1, 0.15) is 5.69 Å². The van der Waals surface area contributed by atoms with Crippen molar-refractivity contribution in [3.05, 3.63) is 28.3 Å². The van der Waals surface area contributed by atoms with E-state index < -0.39 is 40.3 Å². The number of primary amides is 1. The summed E-state index contributed by atoms with van der Waals surface area (Å²) in [6.07, 6.45) is -4.82. The minimum Gasteiger partial charge on any atom is -0.481 e. The Kier molecular flexibility index (Phi) is 7.75. The van der Waals surface area contributed by atoms with Crippen molar-refractivity contribution in [2.24, 2.45) is 5.73 Å². The molecular weight excluding hydrogens is 310 g/mol. The molecule has 0 saturated heterocycles. The maximum Gasteiger partial charge on any atom is 0.433 e. The van der Waals surface area contributed by atoms with Crippen molar-refractivity contribution in [2.75, 3.05) is 0 Å². The Morgan fingerprint density at radius 3 is 2.10 bits per heavy atom. The number of carboxylic acid groups (broad SMARTS) is 1. The molecule has 6 N–H and O–H groups in total. The summed E-state index contributed by atoms with van der Waals surface area (Å²) in [4.78, 5) is 22.3. The Balaban J connectivity index is 0. The van der Waals surface area contributed by atoms with Crippen LogP contribution in [0.15, 0.2) is 6.07 Å². The fourth-order valence-corrected chi connectivity index (χ4v) is 1.02. The van der Waals surface area contributed by atoms with Gasteiger partial charge in [0.15, 0.2) is 11.0 Å². The van der Waals surface area contributed by atoms with Crippen LogP contribution < -0.4 is 11.9 Å². The van der Waals surface area contributed by atoms with E-state index in [-0.39, 0.29) is 12.2 Å². The first kappa shape index (κ1) is 20.4. The average molecular weight is 320 g/mol. The van der Waals surface area contributed by atoms with E-state index in [1.807, 2.05) is 0 Å². The molecule has 0 atom stereocenters. The number of aliphatic carboxylic acids is 1. The van der Waals surface area contributed by atoms with Gasteiger partial charge >= 0.3 is 6.18 Å². The van der Waals surface area contributed by atoms with Crippen molar-refractivity contribution in [1.82, 2.24) is 11.1 Å². The predicted molar refractivity (Wildman–Crippen MR) is 61.1 cm³/mol. The van der Waals surface area contributed by atoms with E-state index in [9.17, 15) is 22.4 Å². The number of pyridine rings is 1. The van der Waals surface area contributed by atoms with E-state index in [0.717, 1.165) is 6.92 Å². The third-order valence-electron chi connectivity index (χ3n) is 1.47. The Hall–Kier alpha value is -1.94. The highest BCUT2D eigenvalue weighted by atomic mass is 35.5. The third kappa shape index (κ3) is 6.29. The highest BCUT2D eigenvalue weighted by molar-refractivity contribution is 6.30. The molecule has 1 aromatic heterocycles. The van der Waals surface area contributed by atoms with Crippen LogP contribution in [-0.2, 0) is 11.0 Å². The number of alkyl halides is 3. The minimum atomic E-state index is -4.82. The summed E-state index contributed by atoms with van der Waals surface area (Å²) in [7, 11) is 0. The topological polar surface area (TPSA) is 128 Å². The van der Waals surface area contributed by atoms with Gasteiger partial charge < -0.3 is 17.0 Å². The number of hydrogen-bond acceptors (Lipinski definition) is 4. The molecule has 0 radical (unpaired) electrons. The number of nitrogens with zero attached hydrogens (tertiary/aromatic N) is 1. The molecule has 0 aliphatic heterocycles. The number of hydrogen-bond donors (Lipinski definition) is 3. The van der Waals surface area contributed by atoms with E-state index >= 15 is 0 Å². The number of carbonyl (C=O) groups is 2. The summed E-state index contributed by atoms with van der Waals surface area (Å²) >= 11 is 5.08. The van der Waals surface area contributed by atoms with Crippen LogP contribution in [-0.4, -0.2) is 22.0 Å². The molecule has 1 amide bonds. The minimum absolute atomic E-state index is 0. The lowest BCUT2D eigenvalue weighted by Gasteiger charge is -2.08. The Morgan fingerprint density at radius 2 is 1.80 bits per heavy atom. The van der Waals surface area contributed by atoms with E-state index in [4.69, 9.17) is 21.5 Å². The number of rotatable bonds is 1. The Labute approximate surface area is 115 Å². The molecule has 1 aromatic rings. The fourth-order valence-electron chi connectivity index (χ4n) is 0.823. The quantitative estimate of drug-likeness (QED) is 0.540. The molecule has 0 aliphatic rings. The van der Waals surface area contributed by atoms with Gasteiger partial charge in [-0.15, -0.1) is 0 Å². The molecule has 1 rings (SSSR count). The standard InChI is InChI=1S/C7H3ClF4N2O.C2H4O2.H3N/c8-5-4(9)2(6(13)15)1-3(14-5)7(10,11)12;1-2(3)4;/h1H,(H2,13,15);1H3,(H,3,4);1H3. The van der Waals surface area contributed by atoms with Crippen molar-refractivity contribution in [1.29, 1.82) is 0 Å². The van der Waals surface area contributed by atoms with Gasteiger partial charge in [-0.05, 0) is 6.07 Å². The summed E-state index contributed by atoms with van der Waals surface area (Å²) in [5.41, 5.74) is 2.25. The number of aromatic nitrogens is 1. The lowest BCUT2D eigenvalue weighted by molar-refractivity contribution is -0.141. The molecule has 0 fully saturated rings. The number of carboxylic acids is 1. The largest absolute Gasteiger partial charge is 0.481 e. The van der Waals surface area contributed by atoms with Crippen molar-refractivity contribution in [2.45, 2.75) is 13.1 Å². The van der Waals surface area contributed by atoms with Gasteiger partial charge in [0.05, 0.1) is 5.56 Å². The van der Waals surface area contributed by atoms with Crippen molar-refractivity contribution in [3.8, 4) is 0 Å². The van der Waals surface area contributed by atoms with Crippen LogP contribution in [0.5, 0.6) is 0 Å². The molecule has 114 valence electrons. The van der Waals surface area contributed by atoms with Crippen LogP contribution in [0.2, 0.25) is 5.15 Å². The zero-order chi connectivity index (χ0) is 15.4. The Bertz CT molecular complexity index is 504. The second-order valence-corrected chi connectivity index (χ2v) is 3.40. The van der Waals surface area contributed by atoms with Crippen molar-refractivity contribution in [3.63, 3.8) is 0 Å². The first-order valence-electron chi connectivity index (χ1n) is 4.39. The van der Waals surface area contributed by atoms with Gasteiger partial charge in [0.2, 0.25) is 0 Å². The second kappa shape index (κ2) is 7.60. The van der Waals surface area contributed by atoms with Gasteiger partial charge in [0.25, 0.3) is 11.9 Å². The first-order chi connectivity index (χ1) is 8.46. The van der Waals surface area contributed by atoms with Crippen LogP contribution in [0.25, 0.3) is 0 Å². The van der Waals surface area contributed by atoms with E-state index in [0.29, 0.717) is 0 Å². The monoisotopic (exact) mass is 319 g/mol. The number of amides is 1. The average Bonchev–Trinajstić information content (AvgIpc) is 2.18. The normalized spacial score (nSPS) is 9.90. The number of nitrogens with two attached hydrogens (primary N) is 1. The molecule has 0 bridgehead atoms. The first-order valence-corrected chi connectivity index (χ1v) is 4.77. The van der Waals surface area contributed by atoms with Crippen LogP contribution in [0.4, 0.5) is 17.6 Å². The van der Waals surface area contributed by atoms with Crippen molar-refractivity contribution >= 4 is 23.5 Å². The maximum absolute atomic E-state index is 13.0. The zero-order valence-corrected chi connectivity index (χ0v) is 10.7. The molecule has 11 heteroatoms. The van der Waals surface area contributed by atoms with Gasteiger partial charge in [-0.25, -0.2) is 9.37 Å². The van der Waals surface area contributed by atoms with E-state index in [2.05, 4.69) is 10.7 Å². The number of carbonyl (C=O) groups excluding carboxylic acids is 1. The van der Waals surface area contributed by atoms with Gasteiger partial charge in [-0.2, -0.15) is 13.2 Å². The fraction of sp³-hybridized carbons (Fsp3) is 0.222. The van der Waals surface area contributed by atoms with Crippen LogP contribution >= 0.6 is 11.6 Å². The second-order valence-electron chi connectivity index (χ2n) is 3.04. The summed E-state index contributed by atoms with van der Waals surface area (Å²) in [6.45, 7) is 1.08. The van der Waals surface area contributed by atoms with Gasteiger partial charge in [-0.1, -0.05) is 11.6 Å². The van der Waals surface area contributed by atoms with Crippen molar-refractivity contribution < 1.29 is 32.3 Å². The molecule has 0 saturated carbocycles. The zero-order valence-electron chi connectivity index (χ0n) is 9.96. The smallest absolute Gasteiger partial charge is 0.433 e. The maximum atomic E-state index is 13.0. The van der Waals surface area contributed by atoms with E-state index in [1.54, 1.807) is 0 Å². The lowest BCUT2D eigenvalue weighted by atomic mass is 10.2. The van der Waals surface area contributed by atoms with Gasteiger partial charge in [0, 0.05) is 6.92 Å². The molecule has 0 aliphatic carbocycles. The highest BCUT2D eigenvalue weighted by Crippen LogP contribution is 2.30. The Morgan fingerprint density at radius 1 is 1.40 bits per heavy atom. The van der Waals surface area contributed by atoms with E-state index in [1.165, 1.54) is 0 Å². The molecule has 0 aromatic carbocycles. The van der Waals surface area contributed by atoms with Crippen LogP contribution in [0.1, 0.15) is 23.0 Å². The summed E-state index contributed by atoms with van der Waals surface area (Å²) in [5.74, 6) is -3.54. The summed E-state index contributed by atoms with van der Waals surface area (Å²) in [5, 5.41) is 6.37. The molecule has 6 nitrogen and oxygen atoms in total. The molecular formula is C9H10ClF4N3O3. The molecule has 0 spiro atoms. The summed E-state index contributed by atoms with van der Waals surface area (Å²) in [6, 6.07) is 0.212.